The molecule has 1 unspecified atom stereocenters. The number of pyridine rings is 1. The van der Waals surface area contributed by atoms with Crippen molar-refractivity contribution in [3.63, 3.8) is 0 Å². The third kappa shape index (κ3) is 3.12. The van der Waals surface area contributed by atoms with E-state index in [1.807, 2.05) is 25.1 Å². The first kappa shape index (κ1) is 19.5. The minimum Gasteiger partial charge on any atom is -0.478 e. The maximum atomic E-state index is 11.7. The Morgan fingerprint density at radius 3 is 2.71 bits per heavy atom. The van der Waals surface area contributed by atoms with Gasteiger partial charge in [-0.25, -0.2) is 14.8 Å². The Hall–Kier alpha value is -3.47. The van der Waals surface area contributed by atoms with Crippen LogP contribution in [0.3, 0.4) is 0 Å². The zero-order valence-electron chi connectivity index (χ0n) is 18.0. The predicted octanol–water partition coefficient (Wildman–Crippen LogP) is 5.51. The summed E-state index contributed by atoms with van der Waals surface area (Å²) in [6.45, 7) is 6.27. The van der Waals surface area contributed by atoms with Crippen molar-refractivity contribution >= 4 is 17.1 Å². The molecule has 5 rings (SSSR count). The van der Waals surface area contributed by atoms with Crippen LogP contribution in [0.4, 0.5) is 0 Å². The first-order valence-electron chi connectivity index (χ1n) is 10.8. The highest BCUT2D eigenvalue weighted by Crippen LogP contribution is 2.39. The molecule has 0 saturated heterocycles. The molecule has 2 aromatic heterocycles. The number of hydrogen-bond acceptors (Lipinski definition) is 3. The first-order valence-corrected chi connectivity index (χ1v) is 10.8. The van der Waals surface area contributed by atoms with Crippen LogP contribution in [-0.2, 0) is 12.8 Å². The van der Waals surface area contributed by atoms with Crippen molar-refractivity contribution in [2.75, 3.05) is 0 Å². The zero-order valence-corrected chi connectivity index (χ0v) is 18.0. The number of carboxylic acids is 1. The molecule has 156 valence electrons. The zero-order chi connectivity index (χ0) is 21.7. The average Bonchev–Trinajstić information content (AvgIpc) is 3.34. The SMILES string of the molecule is CCc1nc2c(C)cc(C)nc2n1C1CCc2cc(-c3ccccc3C(=O)O)ccc21. The normalized spacial score (nSPS) is 15.4. The van der Waals surface area contributed by atoms with Gasteiger partial charge in [-0.2, -0.15) is 0 Å². The van der Waals surface area contributed by atoms with Gasteiger partial charge >= 0.3 is 5.97 Å². The van der Waals surface area contributed by atoms with Gasteiger partial charge < -0.3 is 9.67 Å². The third-order valence-electron chi connectivity index (χ3n) is 6.33. The number of nitrogens with zero attached hydrogens (tertiary/aromatic N) is 3. The lowest BCUT2D eigenvalue weighted by molar-refractivity contribution is 0.0697. The van der Waals surface area contributed by atoms with Crippen LogP contribution < -0.4 is 0 Å². The smallest absolute Gasteiger partial charge is 0.336 e. The van der Waals surface area contributed by atoms with E-state index in [9.17, 15) is 9.90 Å². The highest BCUT2D eigenvalue weighted by molar-refractivity contribution is 5.96. The van der Waals surface area contributed by atoms with Crippen LogP contribution >= 0.6 is 0 Å². The summed E-state index contributed by atoms with van der Waals surface area (Å²) in [6.07, 6.45) is 2.80. The average molecular weight is 412 g/mol. The molecule has 0 radical (unpaired) electrons. The van der Waals surface area contributed by atoms with E-state index in [-0.39, 0.29) is 6.04 Å². The van der Waals surface area contributed by atoms with Crippen LogP contribution in [0.15, 0.2) is 48.5 Å². The maximum Gasteiger partial charge on any atom is 0.336 e. The number of carbonyl (C=O) groups is 1. The van der Waals surface area contributed by atoms with Crippen molar-refractivity contribution in [1.29, 1.82) is 0 Å². The number of hydrogen-bond donors (Lipinski definition) is 1. The molecular weight excluding hydrogens is 386 g/mol. The topological polar surface area (TPSA) is 68.0 Å². The minimum atomic E-state index is -0.900. The molecule has 5 nitrogen and oxygen atoms in total. The Morgan fingerprint density at radius 2 is 1.94 bits per heavy atom. The van der Waals surface area contributed by atoms with E-state index in [4.69, 9.17) is 9.97 Å². The molecule has 0 saturated carbocycles. The molecule has 4 aromatic rings. The molecule has 1 aliphatic rings. The summed E-state index contributed by atoms with van der Waals surface area (Å²) in [7, 11) is 0. The largest absolute Gasteiger partial charge is 0.478 e. The summed E-state index contributed by atoms with van der Waals surface area (Å²) in [6, 6.07) is 15.9. The van der Waals surface area contributed by atoms with Crippen LogP contribution in [0.1, 0.15) is 58.0 Å². The van der Waals surface area contributed by atoms with Gasteiger partial charge in [-0.3, -0.25) is 0 Å². The van der Waals surface area contributed by atoms with Crippen LogP contribution in [0.25, 0.3) is 22.3 Å². The third-order valence-corrected chi connectivity index (χ3v) is 6.33. The quantitative estimate of drug-likeness (QED) is 0.481. The van der Waals surface area contributed by atoms with Crippen LogP contribution in [-0.4, -0.2) is 25.6 Å². The number of aromatic carboxylic acids is 1. The predicted molar refractivity (Wildman–Crippen MR) is 122 cm³/mol. The summed E-state index contributed by atoms with van der Waals surface area (Å²) >= 11 is 0. The summed E-state index contributed by atoms with van der Waals surface area (Å²) in [4.78, 5) is 21.4. The number of fused-ring (bicyclic) bond motifs is 2. The molecule has 0 bridgehead atoms. The molecule has 1 aliphatic carbocycles. The van der Waals surface area contributed by atoms with E-state index in [1.54, 1.807) is 12.1 Å². The van der Waals surface area contributed by atoms with Crippen LogP contribution in [0.5, 0.6) is 0 Å². The fraction of sp³-hybridized carbons (Fsp3) is 0.269. The second-order valence-corrected chi connectivity index (χ2v) is 8.32. The fourth-order valence-corrected chi connectivity index (χ4v) is 4.95. The summed E-state index contributed by atoms with van der Waals surface area (Å²) in [5, 5.41) is 9.57. The molecule has 0 spiro atoms. The van der Waals surface area contributed by atoms with Crippen molar-refractivity contribution in [1.82, 2.24) is 14.5 Å². The van der Waals surface area contributed by atoms with Crippen molar-refractivity contribution in [2.45, 2.75) is 46.1 Å². The Bertz CT molecular complexity index is 1340. The van der Waals surface area contributed by atoms with E-state index in [2.05, 4.69) is 36.6 Å². The minimum absolute atomic E-state index is 0.201. The fourth-order valence-electron chi connectivity index (χ4n) is 4.95. The molecule has 1 atom stereocenters. The highest BCUT2D eigenvalue weighted by atomic mass is 16.4. The lowest BCUT2D eigenvalue weighted by atomic mass is 9.96. The van der Waals surface area contributed by atoms with Crippen molar-refractivity contribution < 1.29 is 9.90 Å². The lowest BCUT2D eigenvalue weighted by Crippen LogP contribution is -2.11. The molecule has 1 N–H and O–H groups in total. The van der Waals surface area contributed by atoms with Crippen LogP contribution in [0.2, 0.25) is 0 Å². The Balaban J connectivity index is 1.63. The molecular formula is C26H25N3O2. The summed E-state index contributed by atoms with van der Waals surface area (Å²) < 4.78 is 2.33. The molecule has 0 amide bonds. The van der Waals surface area contributed by atoms with E-state index >= 15 is 0 Å². The van der Waals surface area contributed by atoms with Gasteiger partial charge in [0, 0.05) is 12.1 Å². The summed E-state index contributed by atoms with van der Waals surface area (Å²) in [5.74, 6) is 0.164. The first-order chi connectivity index (χ1) is 15.0. The monoisotopic (exact) mass is 411 g/mol. The van der Waals surface area contributed by atoms with Gasteiger partial charge in [0.1, 0.15) is 11.3 Å². The Kier molecular flexibility index (Phi) is 4.62. The van der Waals surface area contributed by atoms with E-state index in [0.717, 1.165) is 58.6 Å². The number of carboxylic acid groups (broad SMARTS) is 1. The standard InChI is InChI=1S/C26H25N3O2/c1-4-23-28-24-15(2)13-16(3)27-25(24)29(23)22-12-10-18-14-17(9-11-20(18)22)19-7-5-6-8-21(19)26(30)31/h5-9,11,13-14,22H,4,10,12H2,1-3H3,(H,30,31). The molecule has 2 aromatic carbocycles. The molecule has 31 heavy (non-hydrogen) atoms. The van der Waals surface area contributed by atoms with E-state index in [0.29, 0.717) is 5.56 Å². The van der Waals surface area contributed by atoms with Crippen LogP contribution in [0, 0.1) is 13.8 Å². The number of aryl methyl sites for hydroxylation is 4. The maximum absolute atomic E-state index is 11.7. The van der Waals surface area contributed by atoms with E-state index in [1.165, 1.54) is 11.1 Å². The van der Waals surface area contributed by atoms with Gasteiger partial charge in [-0.1, -0.05) is 43.3 Å². The Morgan fingerprint density at radius 1 is 1.13 bits per heavy atom. The molecule has 0 aliphatic heterocycles. The van der Waals surface area contributed by atoms with Crippen molar-refractivity contribution in [2.24, 2.45) is 0 Å². The highest BCUT2D eigenvalue weighted by Gasteiger charge is 2.29. The van der Waals surface area contributed by atoms with Gasteiger partial charge in [0.25, 0.3) is 0 Å². The van der Waals surface area contributed by atoms with Crippen molar-refractivity contribution in [3.05, 3.63) is 82.3 Å². The lowest BCUT2D eigenvalue weighted by Gasteiger charge is -2.18. The van der Waals surface area contributed by atoms with Gasteiger partial charge in [0.05, 0.1) is 11.6 Å². The van der Waals surface area contributed by atoms with Crippen molar-refractivity contribution in [3.8, 4) is 11.1 Å². The number of imidazole rings is 1. The molecule has 5 heteroatoms. The van der Waals surface area contributed by atoms with Gasteiger partial charge in [-0.05, 0) is 66.6 Å². The number of benzene rings is 2. The Labute approximate surface area is 181 Å². The van der Waals surface area contributed by atoms with E-state index < -0.39 is 5.97 Å². The second kappa shape index (κ2) is 7.34. The number of rotatable bonds is 4. The van der Waals surface area contributed by atoms with Gasteiger partial charge in [0.2, 0.25) is 0 Å². The second-order valence-electron chi connectivity index (χ2n) is 8.32. The molecule has 0 fully saturated rings. The van der Waals surface area contributed by atoms with Gasteiger partial charge in [-0.15, -0.1) is 0 Å². The van der Waals surface area contributed by atoms with Gasteiger partial charge in [0.15, 0.2) is 5.65 Å². The summed E-state index contributed by atoms with van der Waals surface area (Å²) in [5.41, 5.74) is 8.73. The number of aromatic nitrogens is 3. The molecule has 2 heterocycles.